The van der Waals surface area contributed by atoms with Gasteiger partial charge in [0.2, 0.25) is 10.0 Å². The molecular weight excluding hydrogens is 456 g/mol. The maximum atomic E-state index is 12.5. The first kappa shape index (κ1) is 23.1. The first-order valence-corrected chi connectivity index (χ1v) is 11.4. The number of ether oxygens (including phenoxy) is 1. The van der Waals surface area contributed by atoms with Gasteiger partial charge in [-0.3, -0.25) is 4.79 Å². The van der Waals surface area contributed by atoms with E-state index in [-0.39, 0.29) is 17.3 Å². The lowest BCUT2D eigenvalue weighted by Gasteiger charge is -2.11. The molecule has 8 heteroatoms. The Morgan fingerprint density at radius 1 is 1.21 bits per heavy atom. The molecule has 156 valence electrons. The predicted octanol–water partition coefficient (Wildman–Crippen LogP) is 4.59. The molecule has 0 radical (unpaired) electrons. The van der Waals surface area contributed by atoms with Crippen LogP contribution in [0.2, 0.25) is 0 Å². The quantitative estimate of drug-likeness (QED) is 0.487. The van der Waals surface area contributed by atoms with Crippen molar-refractivity contribution in [2.75, 3.05) is 18.5 Å². The first-order chi connectivity index (χ1) is 13.7. The van der Waals surface area contributed by atoms with Crippen molar-refractivity contribution >= 4 is 37.5 Å². The molecular formula is C21H25BrN2O4S. The van der Waals surface area contributed by atoms with Gasteiger partial charge in [0.15, 0.2) is 0 Å². The summed E-state index contributed by atoms with van der Waals surface area (Å²) in [4.78, 5) is 12.6. The standard InChI is InChI=1S/C21H25BrN2O4S/c1-4-12-23-29(26,27)18-8-6-17(7-9-18)24-21(25)16-5-10-20(19(22)14-16)28-13-11-15(2)3/h4-10,14-15,23H,1,11-13H2,2-3H3,(H,24,25). The number of halogens is 1. The van der Waals surface area contributed by atoms with E-state index in [0.717, 1.165) is 6.42 Å². The number of benzene rings is 2. The molecule has 1 amide bonds. The predicted molar refractivity (Wildman–Crippen MR) is 119 cm³/mol. The molecule has 2 aromatic carbocycles. The van der Waals surface area contributed by atoms with Crippen molar-refractivity contribution in [1.82, 2.24) is 4.72 Å². The number of rotatable bonds is 10. The van der Waals surface area contributed by atoms with Crippen LogP contribution in [-0.4, -0.2) is 27.5 Å². The second kappa shape index (κ2) is 10.6. The fourth-order valence-corrected chi connectivity index (χ4v) is 3.83. The van der Waals surface area contributed by atoms with Crippen LogP contribution in [0, 0.1) is 5.92 Å². The summed E-state index contributed by atoms with van der Waals surface area (Å²) in [5.74, 6) is 0.932. The van der Waals surface area contributed by atoms with Gasteiger partial charge in [-0.2, -0.15) is 0 Å². The Morgan fingerprint density at radius 2 is 1.90 bits per heavy atom. The summed E-state index contributed by atoms with van der Waals surface area (Å²) in [5, 5.41) is 2.75. The molecule has 2 rings (SSSR count). The maximum Gasteiger partial charge on any atom is 0.255 e. The van der Waals surface area contributed by atoms with E-state index in [9.17, 15) is 13.2 Å². The van der Waals surface area contributed by atoms with Gasteiger partial charge >= 0.3 is 0 Å². The zero-order valence-corrected chi connectivity index (χ0v) is 18.8. The van der Waals surface area contributed by atoms with Crippen molar-refractivity contribution in [1.29, 1.82) is 0 Å². The van der Waals surface area contributed by atoms with Crippen LogP contribution >= 0.6 is 15.9 Å². The zero-order chi connectivity index (χ0) is 21.4. The van der Waals surface area contributed by atoms with Crippen LogP contribution in [0.1, 0.15) is 30.6 Å². The summed E-state index contributed by atoms with van der Waals surface area (Å²) in [5.41, 5.74) is 0.948. The number of amides is 1. The first-order valence-electron chi connectivity index (χ1n) is 9.17. The summed E-state index contributed by atoms with van der Waals surface area (Å²) in [6.07, 6.45) is 2.41. The molecule has 0 heterocycles. The lowest BCUT2D eigenvalue weighted by atomic mass is 10.1. The number of hydrogen-bond acceptors (Lipinski definition) is 4. The third kappa shape index (κ3) is 6.99. The topological polar surface area (TPSA) is 84.5 Å². The Morgan fingerprint density at radius 3 is 2.48 bits per heavy atom. The lowest BCUT2D eigenvalue weighted by molar-refractivity contribution is 0.102. The monoisotopic (exact) mass is 480 g/mol. The van der Waals surface area contributed by atoms with E-state index in [0.29, 0.717) is 34.0 Å². The average molecular weight is 481 g/mol. The van der Waals surface area contributed by atoms with Crippen molar-refractivity contribution < 1.29 is 17.9 Å². The van der Waals surface area contributed by atoms with Crippen LogP contribution in [0.15, 0.2) is 64.5 Å². The van der Waals surface area contributed by atoms with Crippen molar-refractivity contribution in [2.24, 2.45) is 5.92 Å². The Bertz CT molecular complexity index is 957. The highest BCUT2D eigenvalue weighted by Gasteiger charge is 2.14. The number of anilines is 1. The summed E-state index contributed by atoms with van der Waals surface area (Å²) in [6, 6.07) is 11.1. The normalized spacial score (nSPS) is 11.3. The van der Waals surface area contributed by atoms with Gasteiger partial charge < -0.3 is 10.1 Å². The van der Waals surface area contributed by atoms with Gasteiger partial charge in [-0.05, 0) is 70.7 Å². The highest BCUT2D eigenvalue weighted by Crippen LogP contribution is 2.27. The van der Waals surface area contributed by atoms with E-state index in [1.807, 2.05) is 0 Å². The van der Waals surface area contributed by atoms with E-state index in [2.05, 4.69) is 46.4 Å². The van der Waals surface area contributed by atoms with Crippen LogP contribution in [0.25, 0.3) is 0 Å². The third-order valence-corrected chi connectivity index (χ3v) is 6.05. The Kier molecular flexibility index (Phi) is 8.43. The summed E-state index contributed by atoms with van der Waals surface area (Å²) in [7, 11) is -3.60. The molecule has 0 aromatic heterocycles. The molecule has 2 aromatic rings. The van der Waals surface area contributed by atoms with E-state index < -0.39 is 10.0 Å². The van der Waals surface area contributed by atoms with Gasteiger partial charge in [0, 0.05) is 17.8 Å². The minimum atomic E-state index is -3.60. The summed E-state index contributed by atoms with van der Waals surface area (Å²) >= 11 is 3.43. The molecule has 0 fully saturated rings. The van der Waals surface area contributed by atoms with Gasteiger partial charge in [0.25, 0.3) is 5.91 Å². The smallest absolute Gasteiger partial charge is 0.255 e. The number of carbonyl (C=O) groups excluding carboxylic acids is 1. The van der Waals surface area contributed by atoms with Crippen LogP contribution in [-0.2, 0) is 10.0 Å². The fourth-order valence-electron chi connectivity index (χ4n) is 2.34. The third-order valence-electron chi connectivity index (χ3n) is 3.99. The van der Waals surface area contributed by atoms with Crippen molar-refractivity contribution in [3.8, 4) is 5.75 Å². The fraction of sp³-hybridized carbons (Fsp3) is 0.286. The SMILES string of the molecule is C=CCNS(=O)(=O)c1ccc(NC(=O)c2ccc(OCCC(C)C)c(Br)c2)cc1. The highest BCUT2D eigenvalue weighted by atomic mass is 79.9. The molecule has 0 saturated heterocycles. The van der Waals surface area contributed by atoms with Crippen molar-refractivity contribution in [3.63, 3.8) is 0 Å². The minimum Gasteiger partial charge on any atom is -0.492 e. The minimum absolute atomic E-state index is 0.114. The van der Waals surface area contributed by atoms with Crippen LogP contribution in [0.3, 0.4) is 0 Å². The number of carbonyl (C=O) groups is 1. The van der Waals surface area contributed by atoms with Crippen molar-refractivity contribution in [2.45, 2.75) is 25.2 Å². The van der Waals surface area contributed by atoms with E-state index in [4.69, 9.17) is 4.74 Å². The zero-order valence-electron chi connectivity index (χ0n) is 16.4. The Balaban J connectivity index is 2.02. The Labute approximate surface area is 180 Å². The van der Waals surface area contributed by atoms with E-state index >= 15 is 0 Å². The molecule has 2 N–H and O–H groups in total. The Hall–Kier alpha value is -2.16. The maximum absolute atomic E-state index is 12.5. The molecule has 0 saturated carbocycles. The molecule has 0 aliphatic carbocycles. The lowest BCUT2D eigenvalue weighted by Crippen LogP contribution is -2.23. The largest absolute Gasteiger partial charge is 0.492 e. The molecule has 0 bridgehead atoms. The molecule has 6 nitrogen and oxygen atoms in total. The van der Waals surface area contributed by atoms with Gasteiger partial charge in [-0.15, -0.1) is 6.58 Å². The number of sulfonamides is 1. The molecule has 0 unspecified atom stereocenters. The van der Waals surface area contributed by atoms with E-state index in [1.54, 1.807) is 30.3 Å². The van der Waals surface area contributed by atoms with Gasteiger partial charge in [0.05, 0.1) is 16.0 Å². The van der Waals surface area contributed by atoms with Gasteiger partial charge in [0.1, 0.15) is 5.75 Å². The van der Waals surface area contributed by atoms with Crippen LogP contribution < -0.4 is 14.8 Å². The number of nitrogens with one attached hydrogen (secondary N) is 2. The van der Waals surface area contributed by atoms with Crippen LogP contribution in [0.4, 0.5) is 5.69 Å². The summed E-state index contributed by atoms with van der Waals surface area (Å²) in [6.45, 7) is 8.50. The second-order valence-corrected chi connectivity index (χ2v) is 9.42. The van der Waals surface area contributed by atoms with Gasteiger partial charge in [-0.1, -0.05) is 19.9 Å². The highest BCUT2D eigenvalue weighted by molar-refractivity contribution is 9.10. The molecule has 29 heavy (non-hydrogen) atoms. The molecule has 0 atom stereocenters. The average Bonchev–Trinajstić information content (AvgIpc) is 2.67. The van der Waals surface area contributed by atoms with Crippen LogP contribution in [0.5, 0.6) is 5.75 Å². The molecule has 0 aliphatic heterocycles. The van der Waals surface area contributed by atoms with Crippen molar-refractivity contribution in [3.05, 3.63) is 65.2 Å². The molecule has 0 spiro atoms. The molecule has 0 aliphatic rings. The second-order valence-electron chi connectivity index (χ2n) is 6.80. The van der Waals surface area contributed by atoms with Gasteiger partial charge in [-0.25, -0.2) is 13.1 Å². The van der Waals surface area contributed by atoms with E-state index in [1.165, 1.54) is 18.2 Å². The number of hydrogen-bond donors (Lipinski definition) is 2. The summed E-state index contributed by atoms with van der Waals surface area (Å²) < 4.78 is 32.9.